The van der Waals surface area contributed by atoms with Crippen molar-refractivity contribution in [3.05, 3.63) is 83.6 Å². The van der Waals surface area contributed by atoms with Crippen LogP contribution >= 0.6 is 0 Å². The molecule has 3 rings (SSSR count). The van der Waals surface area contributed by atoms with Gasteiger partial charge < -0.3 is 15.8 Å². The number of benzene rings is 2. The summed E-state index contributed by atoms with van der Waals surface area (Å²) in [6.07, 6.45) is 3.77. The molecule has 2 aromatic carbocycles. The molecular weight excluding hydrogens is 362 g/mol. The summed E-state index contributed by atoms with van der Waals surface area (Å²) in [5.41, 5.74) is 8.37. The van der Waals surface area contributed by atoms with E-state index in [-0.39, 0.29) is 11.7 Å². The van der Waals surface area contributed by atoms with E-state index in [2.05, 4.69) is 36.3 Å². The molecule has 1 amide bonds. The predicted molar refractivity (Wildman–Crippen MR) is 116 cm³/mol. The Bertz CT molecular complexity index is 952. The van der Waals surface area contributed by atoms with Gasteiger partial charge in [-0.25, -0.2) is 4.98 Å². The smallest absolute Gasteiger partial charge is 0.255 e. The molecule has 150 valence electrons. The predicted octanol–water partition coefficient (Wildman–Crippen LogP) is 4.97. The molecule has 0 atom stereocenters. The normalized spacial score (nSPS) is 10.7. The maximum Gasteiger partial charge on any atom is 0.255 e. The van der Waals surface area contributed by atoms with E-state index in [0.717, 1.165) is 29.9 Å². The minimum absolute atomic E-state index is 0.226. The molecule has 0 aliphatic heterocycles. The summed E-state index contributed by atoms with van der Waals surface area (Å²) < 4.78 is 5.98. The van der Waals surface area contributed by atoms with Gasteiger partial charge in [-0.2, -0.15) is 0 Å². The highest BCUT2D eigenvalue weighted by Crippen LogP contribution is 2.23. The maximum atomic E-state index is 12.2. The molecule has 0 bridgehead atoms. The number of ether oxygens (including phenoxy) is 1. The SMILES string of the molecule is CC(C)CCc1cccc(Oc2ccc(CNC(=O)c3cccnc3N)cc2)c1. The molecule has 1 aromatic heterocycles. The number of aryl methyl sites for hydroxylation is 1. The molecule has 3 N–H and O–H groups in total. The van der Waals surface area contributed by atoms with Gasteiger partial charge in [0.05, 0.1) is 5.56 Å². The van der Waals surface area contributed by atoms with Gasteiger partial charge in [0.15, 0.2) is 0 Å². The number of anilines is 1. The minimum atomic E-state index is -0.242. The zero-order valence-electron chi connectivity index (χ0n) is 16.9. The van der Waals surface area contributed by atoms with Gasteiger partial charge in [0.2, 0.25) is 0 Å². The third kappa shape index (κ3) is 6.07. The van der Waals surface area contributed by atoms with Crippen molar-refractivity contribution in [2.45, 2.75) is 33.2 Å². The molecule has 0 spiro atoms. The lowest BCUT2D eigenvalue weighted by Crippen LogP contribution is -2.24. The quantitative estimate of drug-likeness (QED) is 0.570. The van der Waals surface area contributed by atoms with Crippen molar-refractivity contribution < 1.29 is 9.53 Å². The second-order valence-corrected chi connectivity index (χ2v) is 7.44. The van der Waals surface area contributed by atoms with Crippen molar-refractivity contribution in [1.29, 1.82) is 0 Å². The van der Waals surface area contributed by atoms with E-state index in [0.29, 0.717) is 18.0 Å². The molecule has 0 saturated heterocycles. The third-order valence-electron chi connectivity index (χ3n) is 4.60. The van der Waals surface area contributed by atoms with Gasteiger partial charge >= 0.3 is 0 Å². The van der Waals surface area contributed by atoms with E-state index in [4.69, 9.17) is 10.5 Å². The number of carbonyl (C=O) groups is 1. The summed E-state index contributed by atoms with van der Waals surface area (Å²) in [7, 11) is 0. The highest BCUT2D eigenvalue weighted by molar-refractivity contribution is 5.98. The average Bonchev–Trinajstić information content (AvgIpc) is 2.72. The lowest BCUT2D eigenvalue weighted by Gasteiger charge is -2.10. The lowest BCUT2D eigenvalue weighted by atomic mass is 10.0. The fourth-order valence-electron chi connectivity index (χ4n) is 2.92. The minimum Gasteiger partial charge on any atom is -0.457 e. The molecular formula is C24H27N3O2. The van der Waals surface area contributed by atoms with Crippen molar-refractivity contribution in [1.82, 2.24) is 10.3 Å². The van der Waals surface area contributed by atoms with Crippen LogP contribution in [0.25, 0.3) is 0 Å². The Balaban J connectivity index is 1.56. The van der Waals surface area contributed by atoms with Crippen molar-refractivity contribution >= 4 is 11.7 Å². The molecule has 3 aromatic rings. The van der Waals surface area contributed by atoms with Crippen LogP contribution in [-0.4, -0.2) is 10.9 Å². The molecule has 5 nitrogen and oxygen atoms in total. The summed E-state index contributed by atoms with van der Waals surface area (Å²) in [5, 5.41) is 2.86. The van der Waals surface area contributed by atoms with E-state index in [1.54, 1.807) is 18.3 Å². The number of aromatic nitrogens is 1. The van der Waals surface area contributed by atoms with Gasteiger partial charge in [-0.15, -0.1) is 0 Å². The fourth-order valence-corrected chi connectivity index (χ4v) is 2.92. The molecule has 0 aliphatic carbocycles. The Kier molecular flexibility index (Phi) is 6.85. The van der Waals surface area contributed by atoms with Crippen LogP contribution in [0.2, 0.25) is 0 Å². The fraction of sp³-hybridized carbons (Fsp3) is 0.250. The van der Waals surface area contributed by atoms with Gasteiger partial charge in [-0.05, 0) is 66.3 Å². The highest BCUT2D eigenvalue weighted by Gasteiger charge is 2.09. The van der Waals surface area contributed by atoms with Crippen molar-refractivity contribution in [3.63, 3.8) is 0 Å². The summed E-state index contributed by atoms with van der Waals surface area (Å²) >= 11 is 0. The Morgan fingerprint density at radius 1 is 1.03 bits per heavy atom. The molecule has 5 heteroatoms. The van der Waals surface area contributed by atoms with Crippen LogP contribution in [0.15, 0.2) is 66.9 Å². The summed E-state index contributed by atoms with van der Waals surface area (Å²) in [4.78, 5) is 16.2. The first-order valence-electron chi connectivity index (χ1n) is 9.85. The van der Waals surface area contributed by atoms with Crippen molar-refractivity contribution in [2.75, 3.05) is 5.73 Å². The van der Waals surface area contributed by atoms with Gasteiger partial charge in [-0.3, -0.25) is 4.79 Å². The van der Waals surface area contributed by atoms with Crippen molar-refractivity contribution in [2.24, 2.45) is 5.92 Å². The van der Waals surface area contributed by atoms with Crippen LogP contribution in [-0.2, 0) is 13.0 Å². The number of hydrogen-bond donors (Lipinski definition) is 2. The number of pyridine rings is 1. The zero-order valence-corrected chi connectivity index (χ0v) is 16.9. The van der Waals surface area contributed by atoms with Crippen LogP contribution < -0.4 is 15.8 Å². The van der Waals surface area contributed by atoms with Crippen LogP contribution in [0.4, 0.5) is 5.82 Å². The Morgan fingerprint density at radius 2 is 1.83 bits per heavy atom. The molecule has 1 heterocycles. The first-order chi connectivity index (χ1) is 14.0. The highest BCUT2D eigenvalue weighted by atomic mass is 16.5. The number of nitrogens with one attached hydrogen (secondary N) is 1. The maximum absolute atomic E-state index is 12.2. The summed E-state index contributed by atoms with van der Waals surface area (Å²) in [5.74, 6) is 2.26. The van der Waals surface area contributed by atoms with E-state index in [1.807, 2.05) is 36.4 Å². The second-order valence-electron chi connectivity index (χ2n) is 7.44. The third-order valence-corrected chi connectivity index (χ3v) is 4.60. The van der Waals surface area contributed by atoms with Crippen LogP contribution in [0, 0.1) is 5.92 Å². The first-order valence-corrected chi connectivity index (χ1v) is 9.85. The monoisotopic (exact) mass is 389 g/mol. The molecule has 29 heavy (non-hydrogen) atoms. The Hall–Kier alpha value is -3.34. The van der Waals surface area contributed by atoms with Crippen molar-refractivity contribution in [3.8, 4) is 11.5 Å². The number of rotatable bonds is 8. The van der Waals surface area contributed by atoms with E-state index >= 15 is 0 Å². The van der Waals surface area contributed by atoms with E-state index in [1.165, 1.54) is 5.56 Å². The Labute approximate surface area is 171 Å². The first kappa shape index (κ1) is 20.4. The van der Waals surface area contributed by atoms with Crippen LogP contribution in [0.1, 0.15) is 41.8 Å². The Morgan fingerprint density at radius 3 is 2.55 bits per heavy atom. The van der Waals surface area contributed by atoms with Crippen LogP contribution in [0.3, 0.4) is 0 Å². The van der Waals surface area contributed by atoms with Gasteiger partial charge in [0.1, 0.15) is 17.3 Å². The van der Waals surface area contributed by atoms with Gasteiger partial charge in [0.25, 0.3) is 5.91 Å². The molecule has 0 unspecified atom stereocenters. The number of amides is 1. The number of nitrogens with zero attached hydrogens (tertiary/aromatic N) is 1. The van der Waals surface area contributed by atoms with Crippen LogP contribution in [0.5, 0.6) is 11.5 Å². The van der Waals surface area contributed by atoms with E-state index in [9.17, 15) is 4.79 Å². The number of hydrogen-bond acceptors (Lipinski definition) is 4. The topological polar surface area (TPSA) is 77.2 Å². The lowest BCUT2D eigenvalue weighted by molar-refractivity contribution is 0.0951. The standard InChI is InChI=1S/C24H27N3O2/c1-17(2)8-9-18-5-3-6-21(15-18)29-20-12-10-19(11-13-20)16-27-24(28)22-7-4-14-26-23(22)25/h3-7,10-15,17H,8-9,16H2,1-2H3,(H2,25,26)(H,27,28). The molecule has 0 saturated carbocycles. The number of nitrogen functional groups attached to an aromatic ring is 1. The largest absolute Gasteiger partial charge is 0.457 e. The zero-order chi connectivity index (χ0) is 20.6. The molecule has 0 radical (unpaired) electrons. The average molecular weight is 389 g/mol. The summed E-state index contributed by atoms with van der Waals surface area (Å²) in [6, 6.07) is 19.2. The summed E-state index contributed by atoms with van der Waals surface area (Å²) in [6.45, 7) is 4.87. The second kappa shape index (κ2) is 9.73. The number of carbonyl (C=O) groups excluding carboxylic acids is 1. The molecule has 0 aliphatic rings. The number of nitrogens with two attached hydrogens (primary N) is 1. The van der Waals surface area contributed by atoms with Gasteiger partial charge in [0, 0.05) is 12.7 Å². The van der Waals surface area contributed by atoms with Gasteiger partial charge in [-0.1, -0.05) is 38.1 Å². The molecule has 0 fully saturated rings. The van der Waals surface area contributed by atoms with E-state index < -0.39 is 0 Å².